The molecule has 5 nitrogen and oxygen atoms in total. The standard InChI is InChI=1S/C19H19NO4/c1-24-19(23)17-7-3-6-15-12-20(9-8-16(15)17)11-13-4-2-5-14(10-13)18(21)22/h2-7,10H,8-9,11-12H2,1H3,(H,21,22). The fourth-order valence-electron chi connectivity index (χ4n) is 3.16. The van der Waals surface area contributed by atoms with Crippen molar-refractivity contribution < 1.29 is 19.4 Å². The Balaban J connectivity index is 1.77. The van der Waals surface area contributed by atoms with Crippen molar-refractivity contribution in [1.82, 2.24) is 4.90 Å². The molecule has 24 heavy (non-hydrogen) atoms. The molecule has 0 saturated carbocycles. The second-order valence-electron chi connectivity index (χ2n) is 5.90. The van der Waals surface area contributed by atoms with E-state index in [1.54, 1.807) is 24.3 Å². The topological polar surface area (TPSA) is 66.8 Å². The molecular formula is C19H19NO4. The van der Waals surface area contributed by atoms with Crippen molar-refractivity contribution in [2.75, 3.05) is 13.7 Å². The number of methoxy groups -OCH3 is 1. The molecule has 124 valence electrons. The second-order valence-corrected chi connectivity index (χ2v) is 5.90. The van der Waals surface area contributed by atoms with Crippen molar-refractivity contribution in [2.24, 2.45) is 0 Å². The van der Waals surface area contributed by atoms with Crippen LogP contribution in [0, 0.1) is 0 Å². The molecule has 0 atom stereocenters. The maximum atomic E-state index is 11.9. The van der Waals surface area contributed by atoms with E-state index in [9.17, 15) is 9.59 Å². The molecule has 0 radical (unpaired) electrons. The number of hydrogen-bond donors (Lipinski definition) is 1. The van der Waals surface area contributed by atoms with Gasteiger partial charge in [-0.25, -0.2) is 9.59 Å². The lowest BCUT2D eigenvalue weighted by Gasteiger charge is -2.29. The van der Waals surface area contributed by atoms with Crippen LogP contribution in [0.5, 0.6) is 0 Å². The third-order valence-corrected chi connectivity index (χ3v) is 4.33. The number of carbonyl (C=O) groups excluding carboxylic acids is 1. The van der Waals surface area contributed by atoms with Gasteiger partial charge in [0.05, 0.1) is 18.2 Å². The van der Waals surface area contributed by atoms with Gasteiger partial charge in [-0.15, -0.1) is 0 Å². The van der Waals surface area contributed by atoms with E-state index in [1.165, 1.54) is 7.11 Å². The molecule has 2 aromatic carbocycles. The lowest BCUT2D eigenvalue weighted by Crippen LogP contribution is -2.31. The van der Waals surface area contributed by atoms with Crippen molar-refractivity contribution in [1.29, 1.82) is 0 Å². The zero-order valence-corrected chi connectivity index (χ0v) is 13.5. The summed E-state index contributed by atoms with van der Waals surface area (Å²) in [6, 6.07) is 12.7. The summed E-state index contributed by atoms with van der Waals surface area (Å²) in [5.41, 5.74) is 4.10. The Bertz CT molecular complexity index is 785. The van der Waals surface area contributed by atoms with E-state index in [4.69, 9.17) is 9.84 Å². The molecule has 1 aliphatic heterocycles. The Kier molecular flexibility index (Phi) is 4.62. The summed E-state index contributed by atoms with van der Waals surface area (Å²) in [6.45, 7) is 2.23. The summed E-state index contributed by atoms with van der Waals surface area (Å²) in [5, 5.41) is 9.09. The van der Waals surface area contributed by atoms with E-state index in [0.717, 1.165) is 36.2 Å². The fraction of sp³-hybridized carbons (Fsp3) is 0.263. The Hall–Kier alpha value is -2.66. The molecule has 0 amide bonds. The molecule has 2 aromatic rings. The summed E-state index contributed by atoms with van der Waals surface area (Å²) in [6.07, 6.45) is 0.777. The summed E-state index contributed by atoms with van der Waals surface area (Å²) in [4.78, 5) is 25.2. The molecule has 1 aliphatic rings. The molecule has 0 aliphatic carbocycles. The number of fused-ring (bicyclic) bond motifs is 1. The van der Waals surface area contributed by atoms with E-state index in [1.807, 2.05) is 18.2 Å². The SMILES string of the molecule is COC(=O)c1cccc2c1CCN(Cc1cccc(C(=O)O)c1)C2. The Morgan fingerprint density at radius 1 is 1.21 bits per heavy atom. The number of rotatable bonds is 4. The van der Waals surface area contributed by atoms with Gasteiger partial charge in [-0.3, -0.25) is 4.90 Å². The predicted octanol–water partition coefficient (Wildman–Crippen LogP) is 2.73. The lowest BCUT2D eigenvalue weighted by atomic mass is 9.94. The number of aromatic carboxylic acids is 1. The number of ether oxygens (including phenoxy) is 1. The van der Waals surface area contributed by atoms with E-state index in [2.05, 4.69) is 4.90 Å². The van der Waals surface area contributed by atoms with Crippen LogP contribution in [0.15, 0.2) is 42.5 Å². The first-order chi connectivity index (χ1) is 11.6. The number of carbonyl (C=O) groups is 2. The van der Waals surface area contributed by atoms with Gasteiger partial charge in [-0.1, -0.05) is 24.3 Å². The highest BCUT2D eigenvalue weighted by Crippen LogP contribution is 2.24. The molecule has 1 heterocycles. The van der Waals surface area contributed by atoms with Crippen molar-refractivity contribution >= 4 is 11.9 Å². The quantitative estimate of drug-likeness (QED) is 0.876. The van der Waals surface area contributed by atoms with Gasteiger partial charge in [-0.05, 0) is 41.3 Å². The number of nitrogens with zero attached hydrogens (tertiary/aromatic N) is 1. The Labute approximate surface area is 140 Å². The van der Waals surface area contributed by atoms with Crippen molar-refractivity contribution in [2.45, 2.75) is 19.5 Å². The molecule has 0 saturated heterocycles. The maximum absolute atomic E-state index is 11.9. The Morgan fingerprint density at radius 2 is 2.00 bits per heavy atom. The minimum Gasteiger partial charge on any atom is -0.478 e. The molecule has 0 spiro atoms. The van der Waals surface area contributed by atoms with Crippen LogP contribution in [0.3, 0.4) is 0 Å². The summed E-state index contributed by atoms with van der Waals surface area (Å²) in [7, 11) is 1.40. The maximum Gasteiger partial charge on any atom is 0.338 e. The molecule has 0 unspecified atom stereocenters. The van der Waals surface area contributed by atoms with Crippen molar-refractivity contribution in [3.05, 3.63) is 70.3 Å². The highest BCUT2D eigenvalue weighted by atomic mass is 16.5. The van der Waals surface area contributed by atoms with Crippen molar-refractivity contribution in [3.63, 3.8) is 0 Å². The Morgan fingerprint density at radius 3 is 2.75 bits per heavy atom. The molecule has 5 heteroatoms. The van der Waals surface area contributed by atoms with Gasteiger partial charge in [0.2, 0.25) is 0 Å². The number of carboxylic acids is 1. The number of carboxylic acid groups (broad SMARTS) is 1. The molecule has 0 fully saturated rings. The molecule has 3 rings (SSSR count). The third kappa shape index (κ3) is 3.31. The van der Waals surface area contributed by atoms with E-state index in [-0.39, 0.29) is 5.97 Å². The monoisotopic (exact) mass is 325 g/mol. The van der Waals surface area contributed by atoms with E-state index >= 15 is 0 Å². The van der Waals surface area contributed by atoms with Crippen LogP contribution in [-0.2, 0) is 24.2 Å². The van der Waals surface area contributed by atoms with E-state index in [0.29, 0.717) is 17.7 Å². The zero-order valence-electron chi connectivity index (χ0n) is 13.5. The van der Waals surface area contributed by atoms with Gasteiger partial charge >= 0.3 is 11.9 Å². The zero-order chi connectivity index (χ0) is 17.1. The molecular weight excluding hydrogens is 306 g/mol. The highest BCUT2D eigenvalue weighted by molar-refractivity contribution is 5.91. The minimum atomic E-state index is -0.913. The molecule has 0 aromatic heterocycles. The average Bonchev–Trinajstić information content (AvgIpc) is 2.60. The van der Waals surface area contributed by atoms with Crippen LogP contribution >= 0.6 is 0 Å². The summed E-state index contributed by atoms with van der Waals surface area (Å²) < 4.78 is 4.85. The van der Waals surface area contributed by atoms with Crippen LogP contribution in [0.2, 0.25) is 0 Å². The first-order valence-corrected chi connectivity index (χ1v) is 7.82. The predicted molar refractivity (Wildman–Crippen MR) is 89.0 cm³/mol. The smallest absolute Gasteiger partial charge is 0.338 e. The molecule has 1 N–H and O–H groups in total. The largest absolute Gasteiger partial charge is 0.478 e. The third-order valence-electron chi connectivity index (χ3n) is 4.33. The van der Waals surface area contributed by atoms with Gasteiger partial charge in [0.1, 0.15) is 0 Å². The average molecular weight is 325 g/mol. The van der Waals surface area contributed by atoms with Gasteiger partial charge in [0.25, 0.3) is 0 Å². The van der Waals surface area contributed by atoms with Crippen molar-refractivity contribution in [3.8, 4) is 0 Å². The van der Waals surface area contributed by atoms with Crippen LogP contribution in [0.1, 0.15) is 37.4 Å². The number of benzene rings is 2. The number of esters is 1. The van der Waals surface area contributed by atoms with Gasteiger partial charge < -0.3 is 9.84 Å². The first kappa shape index (κ1) is 16.2. The summed E-state index contributed by atoms with van der Waals surface area (Å²) in [5.74, 6) is -1.21. The van der Waals surface area contributed by atoms with Gasteiger partial charge in [-0.2, -0.15) is 0 Å². The van der Waals surface area contributed by atoms with Gasteiger partial charge in [0, 0.05) is 19.6 Å². The number of hydrogen-bond acceptors (Lipinski definition) is 4. The normalized spacial score (nSPS) is 14.0. The van der Waals surface area contributed by atoms with Gasteiger partial charge in [0.15, 0.2) is 0 Å². The van der Waals surface area contributed by atoms with E-state index < -0.39 is 5.97 Å². The minimum absolute atomic E-state index is 0.297. The van der Waals surface area contributed by atoms with Crippen LogP contribution in [0.4, 0.5) is 0 Å². The van der Waals surface area contributed by atoms with Crippen LogP contribution in [0.25, 0.3) is 0 Å². The highest BCUT2D eigenvalue weighted by Gasteiger charge is 2.22. The van der Waals surface area contributed by atoms with Crippen LogP contribution in [-0.4, -0.2) is 35.6 Å². The second kappa shape index (κ2) is 6.84. The lowest BCUT2D eigenvalue weighted by molar-refractivity contribution is 0.0597. The first-order valence-electron chi connectivity index (χ1n) is 7.82. The fourth-order valence-corrected chi connectivity index (χ4v) is 3.16. The summed E-state index contributed by atoms with van der Waals surface area (Å²) >= 11 is 0. The molecule has 0 bridgehead atoms. The van der Waals surface area contributed by atoms with Crippen LogP contribution < -0.4 is 0 Å².